The highest BCUT2D eigenvalue weighted by Gasteiger charge is 2.50. The Balaban J connectivity index is 1.98. The largest absolute Gasteiger partial charge is 0.298 e. The van der Waals surface area contributed by atoms with Crippen LogP contribution in [0.2, 0.25) is 10.0 Å². The van der Waals surface area contributed by atoms with Crippen LogP contribution in [0.4, 0.5) is 0 Å². The van der Waals surface area contributed by atoms with E-state index < -0.39 is 0 Å². The van der Waals surface area contributed by atoms with Crippen molar-refractivity contribution in [1.82, 2.24) is 4.90 Å². The number of ketones is 1. The summed E-state index contributed by atoms with van der Waals surface area (Å²) in [6, 6.07) is 5.89. The minimum atomic E-state index is -0.0720. The fourth-order valence-electron chi connectivity index (χ4n) is 4.26. The van der Waals surface area contributed by atoms with Gasteiger partial charge in [-0.2, -0.15) is 0 Å². The van der Waals surface area contributed by atoms with Crippen molar-refractivity contribution >= 4 is 29.0 Å². The van der Waals surface area contributed by atoms with Gasteiger partial charge in [0.2, 0.25) is 0 Å². The van der Waals surface area contributed by atoms with Gasteiger partial charge < -0.3 is 0 Å². The molecule has 2 aliphatic rings. The number of carbonyl (C=O) groups excluding carboxylic acids is 1. The Morgan fingerprint density at radius 3 is 2.27 bits per heavy atom. The second-order valence-corrected chi connectivity index (χ2v) is 7.56. The molecule has 0 aromatic heterocycles. The van der Waals surface area contributed by atoms with Crippen LogP contribution >= 0.6 is 23.2 Å². The van der Waals surface area contributed by atoms with Crippen molar-refractivity contribution < 1.29 is 4.79 Å². The molecular formula is C18H23Cl2NO. The summed E-state index contributed by atoms with van der Waals surface area (Å²) in [5, 5.41) is 1.17. The number of hydrogen-bond donors (Lipinski definition) is 0. The summed E-state index contributed by atoms with van der Waals surface area (Å²) in [6.07, 6.45) is 6.97. The third kappa shape index (κ3) is 2.81. The molecule has 1 aliphatic carbocycles. The predicted octanol–water partition coefficient (Wildman–Crippen LogP) is 4.86. The topological polar surface area (TPSA) is 20.3 Å². The van der Waals surface area contributed by atoms with Gasteiger partial charge >= 0.3 is 0 Å². The van der Waals surface area contributed by atoms with E-state index in [1.807, 2.05) is 12.1 Å². The third-order valence-corrected chi connectivity index (χ3v) is 6.14. The first-order valence-electron chi connectivity index (χ1n) is 8.25. The number of nitrogens with zero attached hydrogens (tertiary/aromatic N) is 1. The molecule has 0 N–H and O–H groups in total. The summed E-state index contributed by atoms with van der Waals surface area (Å²) in [5.74, 6) is 0.285. The zero-order valence-electron chi connectivity index (χ0n) is 13.1. The van der Waals surface area contributed by atoms with Gasteiger partial charge in [0.15, 0.2) is 0 Å². The van der Waals surface area contributed by atoms with Gasteiger partial charge in [0.05, 0.1) is 16.1 Å². The van der Waals surface area contributed by atoms with E-state index in [1.54, 1.807) is 6.92 Å². The molecule has 1 unspecified atom stereocenters. The first-order chi connectivity index (χ1) is 10.5. The van der Waals surface area contributed by atoms with Gasteiger partial charge in [0.1, 0.15) is 5.78 Å². The van der Waals surface area contributed by atoms with Crippen molar-refractivity contribution in [2.75, 3.05) is 13.1 Å². The molecule has 1 aromatic carbocycles. The maximum absolute atomic E-state index is 12.5. The lowest BCUT2D eigenvalue weighted by atomic mass is 9.58. The maximum atomic E-state index is 12.5. The first-order valence-corrected chi connectivity index (χ1v) is 9.00. The quantitative estimate of drug-likeness (QED) is 0.780. The second kappa shape index (κ2) is 6.51. The summed E-state index contributed by atoms with van der Waals surface area (Å²) in [4.78, 5) is 14.9. The lowest BCUT2D eigenvalue weighted by Gasteiger charge is -2.52. The van der Waals surface area contributed by atoms with Crippen LogP contribution in [0, 0.1) is 0 Å². The van der Waals surface area contributed by atoms with Crippen molar-refractivity contribution in [3.63, 3.8) is 0 Å². The molecule has 1 aliphatic heterocycles. The molecule has 2 nitrogen and oxygen atoms in total. The smallest absolute Gasteiger partial charge is 0.147 e. The zero-order valence-corrected chi connectivity index (χ0v) is 14.6. The van der Waals surface area contributed by atoms with Crippen LogP contribution in [0.15, 0.2) is 18.2 Å². The summed E-state index contributed by atoms with van der Waals surface area (Å²) in [6.45, 7) is 3.82. The van der Waals surface area contributed by atoms with Crippen LogP contribution in [-0.4, -0.2) is 29.8 Å². The number of benzene rings is 1. The Kier molecular flexibility index (Phi) is 4.82. The van der Waals surface area contributed by atoms with E-state index >= 15 is 0 Å². The standard InChI is InChI=1S/C18H23Cl2NO/c1-13(22)17(21-10-3-2-4-11-21)18(8-5-9-18)14-6-7-15(19)16(20)12-14/h6-7,12,17H,2-5,8-11H2,1H3. The van der Waals surface area contributed by atoms with Gasteiger partial charge in [-0.05, 0) is 63.4 Å². The Labute approximate surface area is 142 Å². The summed E-state index contributed by atoms with van der Waals surface area (Å²) in [5.41, 5.74) is 1.11. The van der Waals surface area contributed by atoms with Gasteiger partial charge in [-0.3, -0.25) is 9.69 Å². The molecule has 1 aromatic rings. The minimum Gasteiger partial charge on any atom is -0.298 e. The van der Waals surface area contributed by atoms with Crippen molar-refractivity contribution in [2.45, 2.75) is 56.9 Å². The third-order valence-electron chi connectivity index (χ3n) is 5.40. The number of piperidine rings is 1. The second-order valence-electron chi connectivity index (χ2n) is 6.75. The van der Waals surface area contributed by atoms with Crippen LogP contribution in [0.25, 0.3) is 0 Å². The van der Waals surface area contributed by atoms with E-state index in [9.17, 15) is 4.79 Å². The molecule has 0 spiro atoms. The molecule has 0 amide bonds. The molecule has 1 saturated carbocycles. The highest BCUT2D eigenvalue weighted by atomic mass is 35.5. The predicted molar refractivity (Wildman–Crippen MR) is 91.9 cm³/mol. The minimum absolute atomic E-state index is 0.0150. The van der Waals surface area contributed by atoms with Gasteiger partial charge in [0, 0.05) is 5.41 Å². The highest BCUT2D eigenvalue weighted by Crippen LogP contribution is 2.49. The molecule has 120 valence electrons. The number of likely N-dealkylation sites (tertiary alicyclic amines) is 1. The molecular weight excluding hydrogens is 317 g/mol. The number of carbonyl (C=O) groups is 1. The van der Waals surface area contributed by atoms with Gasteiger partial charge in [-0.25, -0.2) is 0 Å². The molecule has 0 bridgehead atoms. The maximum Gasteiger partial charge on any atom is 0.147 e. The Morgan fingerprint density at radius 1 is 1.09 bits per heavy atom. The van der Waals surface area contributed by atoms with Crippen LogP contribution in [0.3, 0.4) is 0 Å². The molecule has 4 heteroatoms. The van der Waals surface area contributed by atoms with Crippen LogP contribution in [0.5, 0.6) is 0 Å². The average molecular weight is 340 g/mol. The Morgan fingerprint density at radius 2 is 1.77 bits per heavy atom. The van der Waals surface area contributed by atoms with E-state index in [0.29, 0.717) is 10.0 Å². The lowest BCUT2D eigenvalue weighted by Crippen LogP contribution is -2.58. The van der Waals surface area contributed by atoms with E-state index in [1.165, 1.54) is 31.2 Å². The number of rotatable bonds is 4. The van der Waals surface area contributed by atoms with Crippen molar-refractivity contribution in [2.24, 2.45) is 0 Å². The molecule has 0 radical (unpaired) electrons. The van der Waals surface area contributed by atoms with E-state index in [4.69, 9.17) is 23.2 Å². The van der Waals surface area contributed by atoms with Crippen LogP contribution in [-0.2, 0) is 10.2 Å². The number of Topliss-reactive ketones (excluding diaryl/α,β-unsaturated/α-hetero) is 1. The van der Waals surface area contributed by atoms with Gasteiger partial charge in [0.25, 0.3) is 0 Å². The summed E-state index contributed by atoms with van der Waals surface area (Å²) in [7, 11) is 0. The van der Waals surface area contributed by atoms with Crippen molar-refractivity contribution in [1.29, 1.82) is 0 Å². The van der Waals surface area contributed by atoms with Crippen molar-refractivity contribution in [3.05, 3.63) is 33.8 Å². The Hall–Kier alpha value is -0.570. The fourth-order valence-corrected chi connectivity index (χ4v) is 4.55. The SMILES string of the molecule is CC(=O)C(N1CCCCC1)C1(c2ccc(Cl)c(Cl)c2)CCC1. The number of hydrogen-bond acceptors (Lipinski definition) is 2. The van der Waals surface area contributed by atoms with Gasteiger partial charge in [-0.15, -0.1) is 0 Å². The molecule has 1 atom stereocenters. The van der Waals surface area contributed by atoms with Crippen LogP contribution < -0.4 is 0 Å². The number of halogens is 2. The molecule has 22 heavy (non-hydrogen) atoms. The van der Waals surface area contributed by atoms with Gasteiger partial charge in [-0.1, -0.05) is 42.1 Å². The molecule has 1 saturated heterocycles. The van der Waals surface area contributed by atoms with E-state index in [-0.39, 0.29) is 17.2 Å². The fraction of sp³-hybridized carbons (Fsp3) is 0.611. The van der Waals surface area contributed by atoms with Crippen LogP contribution in [0.1, 0.15) is 51.0 Å². The summed E-state index contributed by atoms with van der Waals surface area (Å²) < 4.78 is 0. The zero-order chi connectivity index (χ0) is 15.7. The Bertz CT molecular complexity index is 562. The monoisotopic (exact) mass is 339 g/mol. The first kappa shape index (κ1) is 16.3. The normalized spacial score (nSPS) is 22.9. The van der Waals surface area contributed by atoms with Crippen molar-refractivity contribution in [3.8, 4) is 0 Å². The van der Waals surface area contributed by atoms with E-state index in [0.717, 1.165) is 25.9 Å². The summed E-state index contributed by atoms with van der Waals surface area (Å²) >= 11 is 12.3. The average Bonchev–Trinajstić information content (AvgIpc) is 2.46. The molecule has 1 heterocycles. The highest BCUT2D eigenvalue weighted by molar-refractivity contribution is 6.42. The lowest BCUT2D eigenvalue weighted by molar-refractivity contribution is -0.127. The van der Waals surface area contributed by atoms with E-state index in [2.05, 4.69) is 11.0 Å². The molecule has 3 rings (SSSR count). The molecule has 2 fully saturated rings.